The van der Waals surface area contributed by atoms with Gasteiger partial charge in [-0.1, -0.05) is 51.1 Å². The first-order valence-corrected chi connectivity index (χ1v) is 8.90. The molecule has 1 amide bonds. The summed E-state index contributed by atoms with van der Waals surface area (Å²) in [6.07, 6.45) is 3.13. The van der Waals surface area contributed by atoms with Gasteiger partial charge in [0.05, 0.1) is 0 Å². The van der Waals surface area contributed by atoms with Crippen molar-refractivity contribution >= 4 is 12.0 Å². The largest absolute Gasteiger partial charge is 0.507 e. The summed E-state index contributed by atoms with van der Waals surface area (Å²) in [7, 11) is 0. The van der Waals surface area contributed by atoms with E-state index in [1.165, 1.54) is 6.08 Å². The fourth-order valence-electron chi connectivity index (χ4n) is 2.79. The summed E-state index contributed by atoms with van der Waals surface area (Å²) in [6.45, 7) is 12.2. The summed E-state index contributed by atoms with van der Waals surface area (Å²) in [5, 5.41) is 13.4. The van der Waals surface area contributed by atoms with Crippen LogP contribution in [-0.4, -0.2) is 16.6 Å². The minimum atomic E-state index is -0.297. The van der Waals surface area contributed by atoms with E-state index in [1.807, 2.05) is 51.1 Å². The molecule has 0 saturated carbocycles. The minimum absolute atomic E-state index is 0.117. The Balaban J connectivity index is 2.48. The number of carbonyl (C=O) groups excluding carboxylic acids is 1. The minimum Gasteiger partial charge on any atom is -0.507 e. The van der Waals surface area contributed by atoms with E-state index < -0.39 is 0 Å². The maximum atomic E-state index is 12.0. The molecule has 0 heterocycles. The number of nitrogens with one attached hydrogen (secondary N) is 1. The van der Waals surface area contributed by atoms with Crippen molar-refractivity contribution in [2.24, 2.45) is 0 Å². The van der Waals surface area contributed by atoms with Gasteiger partial charge in [-0.05, 0) is 61.1 Å². The van der Waals surface area contributed by atoms with Gasteiger partial charge in [0.15, 0.2) is 0 Å². The standard InChI is InChI=1S/C23H29NO2/c1-22(2,3)19-15-20(25)17(12-13-21(26)24-23(4,5)6)14-18(19)16-10-8-7-9-11-16/h7-15,25H,1-6H3,(H,24,26)/b13-12+. The summed E-state index contributed by atoms with van der Waals surface area (Å²) in [5.41, 5.74) is 3.43. The molecular weight excluding hydrogens is 322 g/mol. The van der Waals surface area contributed by atoms with E-state index in [1.54, 1.807) is 6.08 Å². The topological polar surface area (TPSA) is 49.3 Å². The number of hydrogen-bond donors (Lipinski definition) is 2. The van der Waals surface area contributed by atoms with Crippen molar-refractivity contribution in [2.75, 3.05) is 0 Å². The van der Waals surface area contributed by atoms with Gasteiger partial charge in [-0.25, -0.2) is 0 Å². The van der Waals surface area contributed by atoms with Crippen LogP contribution in [0.1, 0.15) is 52.7 Å². The summed E-state index contributed by atoms with van der Waals surface area (Å²) >= 11 is 0. The van der Waals surface area contributed by atoms with E-state index >= 15 is 0 Å². The molecule has 0 fully saturated rings. The molecule has 0 spiro atoms. The molecule has 0 aliphatic rings. The van der Waals surface area contributed by atoms with E-state index in [4.69, 9.17) is 0 Å². The molecule has 0 unspecified atom stereocenters. The maximum Gasteiger partial charge on any atom is 0.244 e. The number of aromatic hydroxyl groups is 1. The number of benzene rings is 2. The van der Waals surface area contributed by atoms with Crippen LogP contribution < -0.4 is 5.32 Å². The quantitative estimate of drug-likeness (QED) is 0.739. The van der Waals surface area contributed by atoms with Crippen LogP contribution >= 0.6 is 0 Å². The third kappa shape index (κ3) is 5.22. The van der Waals surface area contributed by atoms with Crippen molar-refractivity contribution in [2.45, 2.75) is 52.5 Å². The molecule has 138 valence electrons. The first-order chi connectivity index (χ1) is 12.0. The Bertz CT molecular complexity index is 807. The third-order valence-corrected chi connectivity index (χ3v) is 3.97. The molecule has 2 N–H and O–H groups in total. The predicted molar refractivity (Wildman–Crippen MR) is 109 cm³/mol. The maximum absolute atomic E-state index is 12.0. The Kier molecular flexibility index (Phi) is 5.60. The second-order valence-electron chi connectivity index (χ2n) is 8.65. The lowest BCUT2D eigenvalue weighted by Crippen LogP contribution is -2.39. The Morgan fingerprint density at radius 1 is 1.00 bits per heavy atom. The first kappa shape index (κ1) is 19.8. The second kappa shape index (κ2) is 7.36. The normalized spacial score (nSPS) is 12.4. The monoisotopic (exact) mass is 351 g/mol. The third-order valence-electron chi connectivity index (χ3n) is 3.97. The average molecular weight is 351 g/mol. The van der Waals surface area contributed by atoms with E-state index in [2.05, 4.69) is 38.2 Å². The molecule has 0 saturated heterocycles. The lowest BCUT2D eigenvalue weighted by molar-refractivity contribution is -0.117. The molecule has 26 heavy (non-hydrogen) atoms. The van der Waals surface area contributed by atoms with Crippen molar-refractivity contribution in [1.29, 1.82) is 0 Å². The highest BCUT2D eigenvalue weighted by Crippen LogP contribution is 2.37. The van der Waals surface area contributed by atoms with Crippen molar-refractivity contribution in [1.82, 2.24) is 5.32 Å². The summed E-state index contributed by atoms with van der Waals surface area (Å²) in [5.74, 6) is -0.00697. The molecule has 0 aliphatic heterocycles. The van der Waals surface area contributed by atoms with Gasteiger partial charge < -0.3 is 10.4 Å². The molecule has 0 aromatic heterocycles. The van der Waals surface area contributed by atoms with Crippen molar-refractivity contribution in [3.63, 3.8) is 0 Å². The van der Waals surface area contributed by atoms with Gasteiger partial charge in [0.1, 0.15) is 5.75 Å². The fourth-order valence-corrected chi connectivity index (χ4v) is 2.79. The zero-order valence-electron chi connectivity index (χ0n) is 16.6. The summed E-state index contributed by atoms with van der Waals surface area (Å²) in [4.78, 5) is 12.0. The number of phenols is 1. The van der Waals surface area contributed by atoms with Gasteiger partial charge in [-0.3, -0.25) is 4.79 Å². The van der Waals surface area contributed by atoms with Gasteiger partial charge >= 0.3 is 0 Å². The molecule has 0 radical (unpaired) electrons. The van der Waals surface area contributed by atoms with Gasteiger partial charge in [0.2, 0.25) is 5.91 Å². The van der Waals surface area contributed by atoms with Gasteiger partial charge in [0.25, 0.3) is 0 Å². The predicted octanol–water partition coefficient (Wildman–Crippen LogP) is 5.28. The van der Waals surface area contributed by atoms with Crippen LogP contribution in [0, 0.1) is 0 Å². The highest BCUT2D eigenvalue weighted by molar-refractivity contribution is 5.93. The number of rotatable bonds is 3. The van der Waals surface area contributed by atoms with Crippen LogP contribution in [0.2, 0.25) is 0 Å². The molecule has 3 heteroatoms. The van der Waals surface area contributed by atoms with Crippen molar-refractivity contribution < 1.29 is 9.90 Å². The number of amides is 1. The highest BCUT2D eigenvalue weighted by atomic mass is 16.3. The smallest absolute Gasteiger partial charge is 0.244 e. The van der Waals surface area contributed by atoms with E-state index in [-0.39, 0.29) is 22.6 Å². The number of hydrogen-bond acceptors (Lipinski definition) is 2. The highest BCUT2D eigenvalue weighted by Gasteiger charge is 2.21. The summed E-state index contributed by atoms with van der Waals surface area (Å²) < 4.78 is 0. The Labute approximate surface area is 156 Å². The molecule has 0 aliphatic carbocycles. The van der Waals surface area contributed by atoms with Gasteiger partial charge in [0, 0.05) is 17.2 Å². The molecular formula is C23H29NO2. The Morgan fingerprint density at radius 2 is 1.62 bits per heavy atom. The van der Waals surface area contributed by atoms with Gasteiger partial charge in [-0.2, -0.15) is 0 Å². The van der Waals surface area contributed by atoms with Crippen LogP contribution in [0.4, 0.5) is 0 Å². The van der Waals surface area contributed by atoms with Crippen molar-refractivity contribution in [3.05, 3.63) is 59.7 Å². The zero-order chi connectivity index (χ0) is 19.5. The molecule has 3 nitrogen and oxygen atoms in total. The molecule has 2 aromatic rings. The zero-order valence-corrected chi connectivity index (χ0v) is 16.6. The lowest BCUT2D eigenvalue weighted by Gasteiger charge is -2.24. The molecule has 0 bridgehead atoms. The van der Waals surface area contributed by atoms with E-state index in [9.17, 15) is 9.90 Å². The van der Waals surface area contributed by atoms with E-state index in [0.717, 1.165) is 16.7 Å². The molecule has 2 rings (SSSR count). The van der Waals surface area contributed by atoms with E-state index in [0.29, 0.717) is 5.56 Å². The fraction of sp³-hybridized carbons (Fsp3) is 0.348. The molecule has 0 atom stereocenters. The first-order valence-electron chi connectivity index (χ1n) is 8.90. The van der Waals surface area contributed by atoms with Crippen molar-refractivity contribution in [3.8, 4) is 16.9 Å². The number of phenolic OH excluding ortho intramolecular Hbond substituents is 1. The second-order valence-corrected chi connectivity index (χ2v) is 8.65. The SMILES string of the molecule is CC(C)(C)NC(=O)/C=C/c1cc(-c2ccccc2)c(C(C)(C)C)cc1O. The number of carbonyl (C=O) groups is 1. The van der Waals surface area contributed by atoms with Crippen LogP contribution in [0.5, 0.6) is 5.75 Å². The molecule has 2 aromatic carbocycles. The van der Waals surface area contributed by atoms with Gasteiger partial charge in [-0.15, -0.1) is 0 Å². The lowest BCUT2D eigenvalue weighted by atomic mass is 9.81. The van der Waals surface area contributed by atoms with Crippen LogP contribution in [0.15, 0.2) is 48.5 Å². The average Bonchev–Trinajstić information content (AvgIpc) is 2.51. The van der Waals surface area contributed by atoms with Crippen LogP contribution in [-0.2, 0) is 10.2 Å². The Hall–Kier alpha value is -2.55. The van der Waals surface area contributed by atoms with Crippen LogP contribution in [0.25, 0.3) is 17.2 Å². The summed E-state index contributed by atoms with van der Waals surface area (Å²) in [6, 6.07) is 13.9. The Morgan fingerprint density at radius 3 is 2.15 bits per heavy atom. The van der Waals surface area contributed by atoms with Crippen LogP contribution in [0.3, 0.4) is 0 Å².